The summed E-state index contributed by atoms with van der Waals surface area (Å²) in [7, 11) is 1.78. The minimum Gasteiger partial charge on any atom is -0.444 e. The highest BCUT2D eigenvalue weighted by molar-refractivity contribution is 6.29. The third kappa shape index (κ3) is 4.14. The van der Waals surface area contributed by atoms with Gasteiger partial charge in [-0.1, -0.05) is 11.6 Å². The fourth-order valence-electron chi connectivity index (χ4n) is 3.58. The van der Waals surface area contributed by atoms with Gasteiger partial charge in [0, 0.05) is 13.6 Å². The summed E-state index contributed by atoms with van der Waals surface area (Å²) in [6, 6.07) is 1.95. The quantitative estimate of drug-likeness (QED) is 0.727. The van der Waals surface area contributed by atoms with Crippen LogP contribution in [0, 0.1) is 0 Å². The number of ether oxygens (including phenoxy) is 2. The zero-order chi connectivity index (χ0) is 19.8. The Kier molecular flexibility index (Phi) is 5.54. The molecule has 150 valence electrons. The fourth-order valence-corrected chi connectivity index (χ4v) is 3.76. The van der Waals surface area contributed by atoms with E-state index in [1.54, 1.807) is 18.0 Å². The van der Waals surface area contributed by atoms with Gasteiger partial charge in [-0.05, 0) is 53.0 Å². The second kappa shape index (κ2) is 7.43. The number of amides is 1. The van der Waals surface area contributed by atoms with E-state index in [0.717, 1.165) is 31.5 Å². The van der Waals surface area contributed by atoms with E-state index in [1.807, 2.05) is 20.8 Å². The largest absolute Gasteiger partial charge is 0.444 e. The molecule has 0 N–H and O–H groups in total. The van der Waals surface area contributed by atoms with Crippen LogP contribution in [0.1, 0.15) is 52.7 Å². The number of carbonyl (C=O) groups excluding carboxylic acids is 1. The molecule has 0 bridgehead atoms. The molecule has 1 saturated heterocycles. The van der Waals surface area contributed by atoms with Crippen LogP contribution in [0.2, 0.25) is 5.15 Å². The Morgan fingerprint density at radius 2 is 2.11 bits per heavy atom. The summed E-state index contributed by atoms with van der Waals surface area (Å²) in [5.74, 6) is 0.595. The molecule has 1 aliphatic carbocycles. The maximum atomic E-state index is 12.7. The number of halogens is 1. The van der Waals surface area contributed by atoms with Gasteiger partial charge in [-0.3, -0.25) is 4.90 Å². The van der Waals surface area contributed by atoms with Crippen LogP contribution in [0.15, 0.2) is 6.07 Å². The van der Waals surface area contributed by atoms with Crippen molar-refractivity contribution < 1.29 is 14.3 Å². The SMILES string of the molecule is C[C@H]1COCCN1c1nc(Cl)cc(C2(N(C)C(=O)OC(C)(C)C)CCC2)n1. The van der Waals surface area contributed by atoms with E-state index in [1.165, 1.54) is 0 Å². The van der Waals surface area contributed by atoms with E-state index in [2.05, 4.69) is 16.8 Å². The Balaban J connectivity index is 1.92. The van der Waals surface area contributed by atoms with Crippen LogP contribution >= 0.6 is 11.6 Å². The minimum absolute atomic E-state index is 0.172. The summed E-state index contributed by atoms with van der Waals surface area (Å²) in [4.78, 5) is 25.7. The van der Waals surface area contributed by atoms with Crippen molar-refractivity contribution in [3.05, 3.63) is 16.9 Å². The fraction of sp³-hybridized carbons (Fsp3) is 0.737. The molecule has 1 aliphatic heterocycles. The van der Waals surface area contributed by atoms with E-state index in [-0.39, 0.29) is 12.1 Å². The highest BCUT2D eigenvalue weighted by Gasteiger charge is 2.47. The topological polar surface area (TPSA) is 67.8 Å². The van der Waals surface area contributed by atoms with Crippen molar-refractivity contribution in [1.82, 2.24) is 14.9 Å². The van der Waals surface area contributed by atoms with Gasteiger partial charge in [0.15, 0.2) is 0 Å². The molecule has 1 atom stereocenters. The molecule has 0 aromatic carbocycles. The summed E-state index contributed by atoms with van der Waals surface area (Å²) in [5, 5.41) is 0.387. The van der Waals surface area contributed by atoms with Crippen LogP contribution in [0.5, 0.6) is 0 Å². The molecule has 0 spiro atoms. The molecule has 3 rings (SSSR count). The molecule has 27 heavy (non-hydrogen) atoms. The maximum Gasteiger partial charge on any atom is 0.410 e. The standard InChI is InChI=1S/C19H29ClN4O3/c1-13-12-26-10-9-24(13)16-21-14(11-15(20)22-16)19(7-6-8-19)23(5)17(25)27-18(2,3)4/h11,13H,6-10,12H2,1-5H3/t13-/m0/s1. The van der Waals surface area contributed by atoms with E-state index in [4.69, 9.17) is 26.1 Å². The number of nitrogens with zero attached hydrogens (tertiary/aromatic N) is 4. The first-order valence-electron chi connectivity index (χ1n) is 9.49. The third-order valence-corrected chi connectivity index (χ3v) is 5.47. The van der Waals surface area contributed by atoms with Gasteiger partial charge in [-0.25, -0.2) is 14.8 Å². The van der Waals surface area contributed by atoms with Gasteiger partial charge in [0.1, 0.15) is 10.8 Å². The molecule has 1 aromatic heterocycles. The predicted molar refractivity (Wildman–Crippen MR) is 104 cm³/mol. The molecule has 7 nitrogen and oxygen atoms in total. The zero-order valence-corrected chi connectivity index (χ0v) is 17.5. The van der Waals surface area contributed by atoms with Crippen molar-refractivity contribution >= 4 is 23.6 Å². The maximum absolute atomic E-state index is 12.7. The summed E-state index contributed by atoms with van der Waals surface area (Å²) < 4.78 is 11.1. The van der Waals surface area contributed by atoms with Gasteiger partial charge in [-0.15, -0.1) is 0 Å². The van der Waals surface area contributed by atoms with Gasteiger partial charge in [0.05, 0.1) is 30.5 Å². The average molecular weight is 397 g/mol. The van der Waals surface area contributed by atoms with Gasteiger partial charge >= 0.3 is 6.09 Å². The first kappa shape index (κ1) is 20.1. The second-order valence-electron chi connectivity index (χ2n) is 8.42. The molecule has 1 aromatic rings. The first-order chi connectivity index (χ1) is 12.6. The molecule has 1 saturated carbocycles. The first-order valence-corrected chi connectivity index (χ1v) is 9.86. The lowest BCUT2D eigenvalue weighted by molar-refractivity contribution is -0.0199. The molecule has 2 heterocycles. The number of aromatic nitrogens is 2. The smallest absolute Gasteiger partial charge is 0.410 e. The summed E-state index contributed by atoms with van der Waals surface area (Å²) >= 11 is 6.35. The second-order valence-corrected chi connectivity index (χ2v) is 8.80. The number of anilines is 1. The van der Waals surface area contributed by atoms with Crippen molar-refractivity contribution in [2.45, 2.75) is 64.1 Å². The van der Waals surface area contributed by atoms with Crippen LogP contribution in [0.3, 0.4) is 0 Å². The lowest BCUT2D eigenvalue weighted by atomic mass is 9.73. The van der Waals surface area contributed by atoms with E-state index in [0.29, 0.717) is 24.3 Å². The van der Waals surface area contributed by atoms with Crippen molar-refractivity contribution in [2.24, 2.45) is 0 Å². The number of morpholine rings is 1. The van der Waals surface area contributed by atoms with Crippen molar-refractivity contribution in [3.63, 3.8) is 0 Å². The Morgan fingerprint density at radius 1 is 1.41 bits per heavy atom. The van der Waals surface area contributed by atoms with Crippen molar-refractivity contribution in [1.29, 1.82) is 0 Å². The Bertz CT molecular complexity index is 703. The number of hydrogen-bond donors (Lipinski definition) is 0. The molecule has 2 fully saturated rings. The van der Waals surface area contributed by atoms with E-state index >= 15 is 0 Å². The minimum atomic E-state index is -0.548. The van der Waals surface area contributed by atoms with Gasteiger partial charge < -0.3 is 14.4 Å². The van der Waals surface area contributed by atoms with Crippen LogP contribution in [0.25, 0.3) is 0 Å². The summed E-state index contributed by atoms with van der Waals surface area (Å²) in [6.45, 7) is 9.67. The van der Waals surface area contributed by atoms with Crippen LogP contribution in [-0.4, -0.2) is 59.4 Å². The number of carbonyl (C=O) groups is 1. The normalized spacial score (nSPS) is 22.1. The number of rotatable bonds is 3. The predicted octanol–water partition coefficient (Wildman–Crippen LogP) is 3.60. The zero-order valence-electron chi connectivity index (χ0n) is 16.8. The van der Waals surface area contributed by atoms with Gasteiger partial charge in [-0.2, -0.15) is 0 Å². The lowest BCUT2D eigenvalue weighted by Gasteiger charge is -2.48. The lowest BCUT2D eigenvalue weighted by Crippen LogP contribution is -2.53. The number of hydrogen-bond acceptors (Lipinski definition) is 6. The molecular weight excluding hydrogens is 368 g/mol. The molecule has 1 amide bonds. The highest BCUT2D eigenvalue weighted by atomic mass is 35.5. The molecule has 0 radical (unpaired) electrons. The van der Waals surface area contributed by atoms with Crippen molar-refractivity contribution in [2.75, 3.05) is 31.7 Å². The third-order valence-electron chi connectivity index (χ3n) is 5.27. The molecule has 8 heteroatoms. The van der Waals surface area contributed by atoms with E-state index < -0.39 is 11.1 Å². The van der Waals surface area contributed by atoms with Crippen LogP contribution < -0.4 is 4.90 Å². The van der Waals surface area contributed by atoms with Crippen LogP contribution in [0.4, 0.5) is 10.7 Å². The van der Waals surface area contributed by atoms with E-state index in [9.17, 15) is 4.79 Å². The van der Waals surface area contributed by atoms with Gasteiger partial charge in [0.2, 0.25) is 5.95 Å². The molecule has 2 aliphatic rings. The summed E-state index contributed by atoms with van der Waals surface area (Å²) in [6.07, 6.45) is 2.33. The average Bonchev–Trinajstić information content (AvgIpc) is 2.52. The Hall–Kier alpha value is -1.60. The molecule has 0 unspecified atom stereocenters. The highest BCUT2D eigenvalue weighted by Crippen LogP contribution is 2.46. The summed E-state index contributed by atoms with van der Waals surface area (Å²) in [5.41, 5.74) is -0.275. The molecular formula is C19H29ClN4O3. The van der Waals surface area contributed by atoms with Gasteiger partial charge in [0.25, 0.3) is 0 Å². The Morgan fingerprint density at radius 3 is 2.67 bits per heavy atom. The Labute approximate surface area is 166 Å². The van der Waals surface area contributed by atoms with Crippen molar-refractivity contribution in [3.8, 4) is 0 Å². The van der Waals surface area contributed by atoms with Crippen LogP contribution in [-0.2, 0) is 15.0 Å². The monoisotopic (exact) mass is 396 g/mol.